The van der Waals surface area contributed by atoms with Crippen LogP contribution in [-0.4, -0.2) is 42.7 Å². The van der Waals surface area contributed by atoms with Crippen LogP contribution in [-0.2, 0) is 4.74 Å². The van der Waals surface area contributed by atoms with Crippen LogP contribution in [0, 0.1) is 0 Å². The van der Waals surface area contributed by atoms with Gasteiger partial charge in [0.2, 0.25) is 0 Å². The van der Waals surface area contributed by atoms with Crippen LogP contribution < -0.4 is 5.73 Å². The molecular weight excluding hydrogens is 286 g/mol. The van der Waals surface area contributed by atoms with E-state index in [1.54, 1.807) is 13.3 Å². The molecule has 2 atom stereocenters. The zero-order valence-electron chi connectivity index (χ0n) is 12.1. The Balaban J connectivity index is 2.00. The number of aromatic nitrogens is 1. The fourth-order valence-electron chi connectivity index (χ4n) is 3.13. The number of hydrogen-bond donors (Lipinski definition) is 1. The van der Waals surface area contributed by atoms with Gasteiger partial charge in [-0.25, -0.2) is 0 Å². The Bertz CT molecular complexity index is 634. The van der Waals surface area contributed by atoms with Gasteiger partial charge in [-0.1, -0.05) is 17.7 Å². The van der Waals surface area contributed by atoms with Crippen molar-refractivity contribution in [1.29, 1.82) is 0 Å². The molecule has 1 fully saturated rings. The Morgan fingerprint density at radius 3 is 3.05 bits per heavy atom. The second-order valence-electron chi connectivity index (χ2n) is 5.43. The summed E-state index contributed by atoms with van der Waals surface area (Å²) in [5.74, 6) is 0. The SMILES string of the molecule is COC1CCN(C(CN)c2ccc(Cl)c3cccnc23)C1. The first-order valence-electron chi connectivity index (χ1n) is 7.24. The summed E-state index contributed by atoms with van der Waals surface area (Å²) in [5, 5.41) is 1.71. The monoisotopic (exact) mass is 305 g/mol. The lowest BCUT2D eigenvalue weighted by Crippen LogP contribution is -2.33. The van der Waals surface area contributed by atoms with Crippen molar-refractivity contribution in [3.05, 3.63) is 41.0 Å². The lowest BCUT2D eigenvalue weighted by Gasteiger charge is -2.27. The summed E-state index contributed by atoms with van der Waals surface area (Å²) >= 11 is 6.28. The molecule has 5 heteroatoms. The first-order valence-corrected chi connectivity index (χ1v) is 7.62. The third kappa shape index (κ3) is 2.77. The summed E-state index contributed by atoms with van der Waals surface area (Å²) < 4.78 is 5.46. The van der Waals surface area contributed by atoms with E-state index < -0.39 is 0 Å². The largest absolute Gasteiger partial charge is 0.380 e. The van der Waals surface area contributed by atoms with Crippen LogP contribution in [0.25, 0.3) is 10.9 Å². The minimum atomic E-state index is 0.153. The van der Waals surface area contributed by atoms with Crippen molar-refractivity contribution in [2.45, 2.75) is 18.6 Å². The molecule has 2 aromatic rings. The van der Waals surface area contributed by atoms with E-state index in [0.29, 0.717) is 12.6 Å². The van der Waals surface area contributed by atoms with Crippen LogP contribution in [0.1, 0.15) is 18.0 Å². The zero-order valence-corrected chi connectivity index (χ0v) is 12.9. The van der Waals surface area contributed by atoms with Crippen molar-refractivity contribution < 1.29 is 4.74 Å². The molecule has 2 N–H and O–H groups in total. The fraction of sp³-hybridized carbons (Fsp3) is 0.438. The number of benzene rings is 1. The lowest BCUT2D eigenvalue weighted by molar-refractivity contribution is 0.101. The summed E-state index contributed by atoms with van der Waals surface area (Å²) in [6.07, 6.45) is 3.15. The van der Waals surface area contributed by atoms with E-state index in [1.165, 1.54) is 0 Å². The van der Waals surface area contributed by atoms with Crippen LogP contribution in [0.2, 0.25) is 5.02 Å². The summed E-state index contributed by atoms with van der Waals surface area (Å²) in [7, 11) is 1.77. The minimum Gasteiger partial charge on any atom is -0.380 e. The molecule has 0 bridgehead atoms. The number of halogens is 1. The Kier molecular flexibility index (Phi) is 4.40. The molecule has 0 spiro atoms. The van der Waals surface area contributed by atoms with Crippen molar-refractivity contribution >= 4 is 22.5 Å². The highest BCUT2D eigenvalue weighted by molar-refractivity contribution is 6.35. The van der Waals surface area contributed by atoms with Gasteiger partial charge in [0.1, 0.15) is 0 Å². The molecule has 0 radical (unpaired) electrons. The first-order chi connectivity index (χ1) is 10.2. The second-order valence-corrected chi connectivity index (χ2v) is 5.84. The predicted octanol–water partition coefficient (Wildman–Crippen LogP) is 2.61. The van der Waals surface area contributed by atoms with Crippen molar-refractivity contribution in [2.75, 3.05) is 26.7 Å². The molecule has 0 saturated carbocycles. The summed E-state index contributed by atoms with van der Waals surface area (Å²) in [6, 6.07) is 8.05. The topological polar surface area (TPSA) is 51.4 Å². The van der Waals surface area contributed by atoms with Crippen molar-refractivity contribution in [2.24, 2.45) is 5.73 Å². The number of ether oxygens (including phenoxy) is 1. The quantitative estimate of drug-likeness (QED) is 0.943. The van der Waals surface area contributed by atoms with Crippen LogP contribution in [0.5, 0.6) is 0 Å². The molecule has 2 unspecified atom stereocenters. The molecule has 2 heterocycles. The number of hydrogen-bond acceptors (Lipinski definition) is 4. The highest BCUT2D eigenvalue weighted by Crippen LogP contribution is 2.32. The standard InChI is InChI=1S/C16H20ClN3O/c1-21-11-6-8-20(10-11)15(9-18)13-4-5-14(17)12-3-2-7-19-16(12)13/h2-5,7,11,15H,6,8-10,18H2,1H3. The maximum atomic E-state index is 6.28. The van der Waals surface area contributed by atoms with Crippen molar-refractivity contribution in [1.82, 2.24) is 9.88 Å². The second kappa shape index (κ2) is 6.28. The Hall–Kier alpha value is -1.20. The lowest BCUT2D eigenvalue weighted by atomic mass is 10.0. The molecule has 4 nitrogen and oxygen atoms in total. The number of rotatable bonds is 4. The van der Waals surface area contributed by atoms with Crippen LogP contribution in [0.4, 0.5) is 0 Å². The molecule has 1 saturated heterocycles. The van der Waals surface area contributed by atoms with Gasteiger partial charge < -0.3 is 10.5 Å². The molecule has 1 aromatic carbocycles. The molecular formula is C16H20ClN3O. The Labute approximate surface area is 129 Å². The minimum absolute atomic E-state index is 0.153. The number of nitrogens with zero attached hydrogens (tertiary/aromatic N) is 2. The van der Waals surface area contributed by atoms with E-state index in [9.17, 15) is 0 Å². The average Bonchev–Trinajstić information content (AvgIpc) is 2.99. The van der Waals surface area contributed by atoms with E-state index in [0.717, 1.165) is 41.0 Å². The smallest absolute Gasteiger partial charge is 0.0765 e. The average molecular weight is 306 g/mol. The molecule has 21 heavy (non-hydrogen) atoms. The van der Waals surface area contributed by atoms with Crippen molar-refractivity contribution in [3.8, 4) is 0 Å². The maximum Gasteiger partial charge on any atom is 0.0765 e. The third-order valence-corrected chi connectivity index (χ3v) is 4.61. The van der Waals surface area contributed by atoms with Gasteiger partial charge in [-0.05, 0) is 30.2 Å². The molecule has 3 rings (SSSR count). The van der Waals surface area contributed by atoms with Crippen LogP contribution in [0.15, 0.2) is 30.5 Å². The number of methoxy groups -OCH3 is 1. The third-order valence-electron chi connectivity index (χ3n) is 4.28. The van der Waals surface area contributed by atoms with E-state index >= 15 is 0 Å². The van der Waals surface area contributed by atoms with Gasteiger partial charge in [0, 0.05) is 49.4 Å². The number of pyridine rings is 1. The predicted molar refractivity (Wildman–Crippen MR) is 85.5 cm³/mol. The molecule has 1 aromatic heterocycles. The van der Waals surface area contributed by atoms with Crippen LogP contribution in [0.3, 0.4) is 0 Å². The molecule has 112 valence electrons. The van der Waals surface area contributed by atoms with E-state index in [2.05, 4.69) is 16.0 Å². The number of fused-ring (bicyclic) bond motifs is 1. The summed E-state index contributed by atoms with van der Waals surface area (Å²) in [4.78, 5) is 6.90. The summed E-state index contributed by atoms with van der Waals surface area (Å²) in [5.41, 5.74) is 8.15. The molecule has 0 aliphatic carbocycles. The summed E-state index contributed by atoms with van der Waals surface area (Å²) in [6.45, 7) is 2.47. The van der Waals surface area contributed by atoms with Gasteiger partial charge in [-0.2, -0.15) is 0 Å². The van der Waals surface area contributed by atoms with E-state index in [-0.39, 0.29) is 6.04 Å². The van der Waals surface area contributed by atoms with Crippen LogP contribution >= 0.6 is 11.6 Å². The molecule has 1 aliphatic rings. The Morgan fingerprint density at radius 1 is 1.48 bits per heavy atom. The highest BCUT2D eigenvalue weighted by Gasteiger charge is 2.29. The normalized spacial score (nSPS) is 21.0. The van der Waals surface area contributed by atoms with Gasteiger partial charge in [-0.15, -0.1) is 0 Å². The maximum absolute atomic E-state index is 6.28. The van der Waals surface area contributed by atoms with E-state index in [1.807, 2.05) is 18.2 Å². The van der Waals surface area contributed by atoms with Gasteiger partial charge >= 0.3 is 0 Å². The fourth-order valence-corrected chi connectivity index (χ4v) is 3.35. The van der Waals surface area contributed by atoms with Gasteiger partial charge in [0.25, 0.3) is 0 Å². The number of nitrogens with two attached hydrogens (primary N) is 1. The highest BCUT2D eigenvalue weighted by atomic mass is 35.5. The Morgan fingerprint density at radius 2 is 2.33 bits per heavy atom. The van der Waals surface area contributed by atoms with Gasteiger partial charge in [-0.3, -0.25) is 9.88 Å². The molecule has 0 amide bonds. The van der Waals surface area contributed by atoms with E-state index in [4.69, 9.17) is 22.1 Å². The zero-order chi connectivity index (χ0) is 14.8. The first kappa shape index (κ1) is 14.7. The van der Waals surface area contributed by atoms with Gasteiger partial charge in [0.15, 0.2) is 0 Å². The van der Waals surface area contributed by atoms with Crippen molar-refractivity contribution in [3.63, 3.8) is 0 Å². The molecule has 1 aliphatic heterocycles. The number of likely N-dealkylation sites (tertiary alicyclic amines) is 1. The van der Waals surface area contributed by atoms with Gasteiger partial charge in [0.05, 0.1) is 11.6 Å².